The lowest BCUT2D eigenvalue weighted by atomic mass is 9.74. The molecule has 104 valence electrons. The molecule has 4 heteroatoms. The van der Waals surface area contributed by atoms with Crippen LogP contribution in [0.2, 0.25) is 0 Å². The molecule has 1 aromatic carbocycles. The number of rotatable bonds is 5. The predicted octanol–water partition coefficient (Wildman–Crippen LogP) is 3.32. The van der Waals surface area contributed by atoms with E-state index in [9.17, 15) is 9.18 Å². The van der Waals surface area contributed by atoms with Gasteiger partial charge in [0, 0.05) is 12.1 Å². The molecule has 1 saturated carbocycles. The van der Waals surface area contributed by atoms with Gasteiger partial charge in [0.25, 0.3) is 5.91 Å². The topological polar surface area (TPSA) is 41.1 Å². The highest BCUT2D eigenvalue weighted by atomic mass is 19.1. The molecular formula is C15H21FN2O. The lowest BCUT2D eigenvalue weighted by molar-refractivity contribution is 0.0821. The first-order valence-corrected chi connectivity index (χ1v) is 6.97. The van der Waals surface area contributed by atoms with E-state index in [1.165, 1.54) is 6.07 Å². The third kappa shape index (κ3) is 2.72. The van der Waals surface area contributed by atoms with Gasteiger partial charge >= 0.3 is 0 Å². The molecule has 0 saturated heterocycles. The van der Waals surface area contributed by atoms with Gasteiger partial charge in [-0.1, -0.05) is 13.0 Å². The predicted molar refractivity (Wildman–Crippen MR) is 74.9 cm³/mol. The molecule has 1 amide bonds. The van der Waals surface area contributed by atoms with E-state index < -0.39 is 0 Å². The number of carbonyl (C=O) groups excluding carboxylic acids is 1. The van der Waals surface area contributed by atoms with Crippen molar-refractivity contribution >= 4 is 11.6 Å². The Kier molecular flexibility index (Phi) is 4.08. The summed E-state index contributed by atoms with van der Waals surface area (Å²) in [5.74, 6) is -0.564. The third-order valence-corrected chi connectivity index (χ3v) is 3.98. The van der Waals surface area contributed by atoms with Crippen LogP contribution in [0, 0.1) is 5.82 Å². The molecule has 2 rings (SSSR count). The second-order valence-corrected chi connectivity index (χ2v) is 5.13. The highest BCUT2D eigenvalue weighted by Crippen LogP contribution is 2.35. The summed E-state index contributed by atoms with van der Waals surface area (Å²) in [7, 11) is 0. The zero-order chi connectivity index (χ0) is 13.9. The minimum atomic E-state index is -0.381. The van der Waals surface area contributed by atoms with Crippen LogP contribution in [-0.4, -0.2) is 18.0 Å². The summed E-state index contributed by atoms with van der Waals surface area (Å²) in [5.41, 5.74) is 0.613. The van der Waals surface area contributed by atoms with Gasteiger partial charge < -0.3 is 10.6 Å². The van der Waals surface area contributed by atoms with Crippen LogP contribution in [0.5, 0.6) is 0 Å². The molecule has 0 aromatic heterocycles. The van der Waals surface area contributed by atoms with Gasteiger partial charge in [0.1, 0.15) is 5.82 Å². The number of halogens is 1. The number of nitrogens with one attached hydrogen (secondary N) is 2. The van der Waals surface area contributed by atoms with E-state index in [2.05, 4.69) is 17.6 Å². The van der Waals surface area contributed by atoms with Gasteiger partial charge in [0.15, 0.2) is 0 Å². The Labute approximate surface area is 113 Å². The van der Waals surface area contributed by atoms with Crippen molar-refractivity contribution in [3.05, 3.63) is 29.6 Å². The molecular weight excluding hydrogens is 243 g/mol. The van der Waals surface area contributed by atoms with Gasteiger partial charge in [-0.05, 0) is 44.7 Å². The maximum atomic E-state index is 13.8. The average molecular weight is 264 g/mol. The summed E-state index contributed by atoms with van der Waals surface area (Å²) >= 11 is 0. The lowest BCUT2D eigenvalue weighted by Gasteiger charge is -2.42. The SMILES string of the molecule is CCNc1c(F)cccc1C(=O)NC1(CC)CCC1. The van der Waals surface area contributed by atoms with Gasteiger partial charge in [0.05, 0.1) is 11.3 Å². The molecule has 1 fully saturated rings. The standard InChI is InChI=1S/C15H21FN2O/c1-3-15(9-6-10-15)18-14(19)11-7-5-8-12(16)13(11)17-4-2/h5,7-8,17H,3-4,6,9-10H2,1-2H3,(H,18,19). The Morgan fingerprint density at radius 1 is 1.37 bits per heavy atom. The number of hydrogen-bond donors (Lipinski definition) is 2. The Morgan fingerprint density at radius 3 is 2.63 bits per heavy atom. The second kappa shape index (κ2) is 5.59. The normalized spacial score (nSPS) is 16.6. The van der Waals surface area contributed by atoms with E-state index in [0.717, 1.165) is 25.7 Å². The third-order valence-electron chi connectivity index (χ3n) is 3.98. The van der Waals surface area contributed by atoms with E-state index in [1.807, 2.05) is 6.92 Å². The molecule has 0 bridgehead atoms. The van der Waals surface area contributed by atoms with Gasteiger partial charge in [-0.25, -0.2) is 4.39 Å². The quantitative estimate of drug-likeness (QED) is 0.856. The summed E-state index contributed by atoms with van der Waals surface area (Å²) in [4.78, 5) is 12.3. The fourth-order valence-electron chi connectivity index (χ4n) is 2.55. The second-order valence-electron chi connectivity index (χ2n) is 5.13. The van der Waals surface area contributed by atoms with Crippen molar-refractivity contribution in [1.82, 2.24) is 5.32 Å². The first-order chi connectivity index (χ1) is 9.12. The molecule has 0 atom stereocenters. The van der Waals surface area contributed by atoms with Crippen LogP contribution in [0.4, 0.5) is 10.1 Å². The number of para-hydroxylation sites is 1. The van der Waals surface area contributed by atoms with Gasteiger partial charge in [-0.3, -0.25) is 4.79 Å². The lowest BCUT2D eigenvalue weighted by Crippen LogP contribution is -2.53. The summed E-state index contributed by atoms with van der Waals surface area (Å²) in [6, 6.07) is 4.61. The van der Waals surface area contributed by atoms with E-state index >= 15 is 0 Å². The van der Waals surface area contributed by atoms with Crippen molar-refractivity contribution in [1.29, 1.82) is 0 Å². The first kappa shape index (κ1) is 13.8. The van der Waals surface area contributed by atoms with Crippen LogP contribution in [0.3, 0.4) is 0 Å². The molecule has 0 unspecified atom stereocenters. The van der Waals surface area contributed by atoms with E-state index in [0.29, 0.717) is 17.8 Å². The van der Waals surface area contributed by atoms with Crippen molar-refractivity contribution in [2.24, 2.45) is 0 Å². The molecule has 1 aromatic rings. The number of anilines is 1. The van der Waals surface area contributed by atoms with Crippen LogP contribution >= 0.6 is 0 Å². The highest BCUT2D eigenvalue weighted by Gasteiger charge is 2.37. The van der Waals surface area contributed by atoms with Gasteiger partial charge in [-0.15, -0.1) is 0 Å². The number of hydrogen-bond acceptors (Lipinski definition) is 2. The fourth-order valence-corrected chi connectivity index (χ4v) is 2.55. The molecule has 0 heterocycles. The Hall–Kier alpha value is -1.58. The molecule has 0 aliphatic heterocycles. The first-order valence-electron chi connectivity index (χ1n) is 6.97. The minimum absolute atomic E-state index is 0.0765. The number of amides is 1. The van der Waals surface area contributed by atoms with Crippen LogP contribution in [0.1, 0.15) is 49.9 Å². The van der Waals surface area contributed by atoms with Crippen LogP contribution in [0.15, 0.2) is 18.2 Å². The average Bonchev–Trinajstić information content (AvgIpc) is 2.36. The monoisotopic (exact) mass is 264 g/mol. The van der Waals surface area contributed by atoms with Crippen molar-refractivity contribution in [3.63, 3.8) is 0 Å². The van der Waals surface area contributed by atoms with Gasteiger partial charge in [0.2, 0.25) is 0 Å². The molecule has 0 radical (unpaired) electrons. The van der Waals surface area contributed by atoms with E-state index in [1.54, 1.807) is 12.1 Å². The number of benzene rings is 1. The smallest absolute Gasteiger partial charge is 0.253 e. The maximum absolute atomic E-state index is 13.8. The van der Waals surface area contributed by atoms with Crippen molar-refractivity contribution in [2.75, 3.05) is 11.9 Å². The van der Waals surface area contributed by atoms with Crippen LogP contribution in [0.25, 0.3) is 0 Å². The largest absolute Gasteiger partial charge is 0.382 e. The minimum Gasteiger partial charge on any atom is -0.382 e. The van der Waals surface area contributed by atoms with Gasteiger partial charge in [-0.2, -0.15) is 0 Å². The number of carbonyl (C=O) groups is 1. The summed E-state index contributed by atoms with van der Waals surface area (Å²) < 4.78 is 13.8. The van der Waals surface area contributed by atoms with Crippen LogP contribution < -0.4 is 10.6 Å². The summed E-state index contributed by atoms with van der Waals surface area (Å²) in [6.45, 7) is 4.55. The molecule has 2 N–H and O–H groups in total. The zero-order valence-corrected chi connectivity index (χ0v) is 11.6. The molecule has 1 aliphatic carbocycles. The van der Waals surface area contributed by atoms with Crippen LogP contribution in [-0.2, 0) is 0 Å². The fraction of sp³-hybridized carbons (Fsp3) is 0.533. The Bertz CT molecular complexity index is 464. The van der Waals surface area contributed by atoms with Crippen molar-refractivity contribution in [2.45, 2.75) is 45.1 Å². The molecule has 1 aliphatic rings. The summed E-state index contributed by atoms with van der Waals surface area (Å²) in [5, 5.41) is 6.01. The summed E-state index contributed by atoms with van der Waals surface area (Å²) in [6.07, 6.45) is 4.10. The highest BCUT2D eigenvalue weighted by molar-refractivity contribution is 6.00. The Balaban J connectivity index is 2.21. The van der Waals surface area contributed by atoms with E-state index in [4.69, 9.17) is 0 Å². The molecule has 3 nitrogen and oxygen atoms in total. The van der Waals surface area contributed by atoms with Crippen molar-refractivity contribution < 1.29 is 9.18 Å². The maximum Gasteiger partial charge on any atom is 0.253 e. The molecule has 0 spiro atoms. The molecule has 19 heavy (non-hydrogen) atoms. The Morgan fingerprint density at radius 2 is 2.11 bits per heavy atom. The van der Waals surface area contributed by atoms with Crippen molar-refractivity contribution in [3.8, 4) is 0 Å². The van der Waals surface area contributed by atoms with E-state index in [-0.39, 0.29) is 17.3 Å². The zero-order valence-electron chi connectivity index (χ0n) is 11.6.